The molecular weight excluding hydrogens is 337 g/mol. The second-order valence-corrected chi connectivity index (χ2v) is 5.20. The zero-order valence-electron chi connectivity index (χ0n) is 10.9. The molecule has 0 radical (unpaired) electrons. The largest absolute Gasteiger partial charge is 0.397 e. The number of fused-ring (bicyclic) bond motifs is 1. The number of nitrogens with two attached hydrogens (primary N) is 2. The van der Waals surface area contributed by atoms with Crippen LogP contribution in [-0.4, -0.2) is 4.98 Å². The van der Waals surface area contributed by atoms with E-state index in [9.17, 15) is 9.18 Å². The molecule has 6 heteroatoms. The summed E-state index contributed by atoms with van der Waals surface area (Å²) >= 11 is 3.34. The molecule has 3 rings (SSSR count). The van der Waals surface area contributed by atoms with Gasteiger partial charge in [0.25, 0.3) is 5.56 Å². The molecule has 4 nitrogen and oxygen atoms in total. The summed E-state index contributed by atoms with van der Waals surface area (Å²) in [6, 6.07) is 11.8. The van der Waals surface area contributed by atoms with E-state index in [2.05, 4.69) is 20.9 Å². The minimum Gasteiger partial charge on any atom is -0.397 e. The van der Waals surface area contributed by atoms with Gasteiger partial charge in [0.15, 0.2) is 0 Å². The Kier molecular flexibility index (Phi) is 4.59. The second kappa shape index (κ2) is 6.41. The Morgan fingerprint density at radius 2 is 1.86 bits per heavy atom. The lowest BCUT2D eigenvalue weighted by molar-refractivity contribution is 0.633. The first-order valence-corrected chi connectivity index (χ1v) is 6.85. The van der Waals surface area contributed by atoms with Crippen LogP contribution < -0.4 is 17.0 Å². The van der Waals surface area contributed by atoms with Crippen molar-refractivity contribution in [1.82, 2.24) is 4.98 Å². The number of aromatic amines is 1. The molecule has 0 saturated carbocycles. The van der Waals surface area contributed by atoms with Crippen LogP contribution in [0.2, 0.25) is 0 Å². The van der Waals surface area contributed by atoms with E-state index in [1.807, 2.05) is 18.2 Å². The van der Waals surface area contributed by atoms with E-state index in [-0.39, 0.29) is 16.9 Å². The highest BCUT2D eigenvalue weighted by Gasteiger charge is 1.98. The summed E-state index contributed by atoms with van der Waals surface area (Å²) in [6.45, 7) is 0. The molecule has 21 heavy (non-hydrogen) atoms. The van der Waals surface area contributed by atoms with Gasteiger partial charge in [-0.1, -0.05) is 22.0 Å². The topological polar surface area (TPSA) is 84.9 Å². The first-order valence-electron chi connectivity index (χ1n) is 6.05. The number of rotatable bonds is 0. The number of nitrogens with one attached hydrogen (secondary N) is 1. The van der Waals surface area contributed by atoms with E-state index in [0.717, 1.165) is 15.2 Å². The Hall–Kier alpha value is -2.34. The first kappa shape index (κ1) is 15.1. The highest BCUT2D eigenvalue weighted by molar-refractivity contribution is 9.10. The third-order valence-electron chi connectivity index (χ3n) is 2.82. The maximum atomic E-state index is 12.4. The van der Waals surface area contributed by atoms with Gasteiger partial charge in [-0.2, -0.15) is 0 Å². The van der Waals surface area contributed by atoms with Crippen LogP contribution in [-0.2, 0) is 0 Å². The summed E-state index contributed by atoms with van der Waals surface area (Å²) in [5.74, 6) is -0.463. The molecule has 0 atom stereocenters. The average molecular weight is 350 g/mol. The summed E-state index contributed by atoms with van der Waals surface area (Å²) in [5.41, 5.74) is 10.7. The van der Waals surface area contributed by atoms with Gasteiger partial charge in [0.05, 0.1) is 11.4 Å². The van der Waals surface area contributed by atoms with E-state index in [0.29, 0.717) is 0 Å². The lowest BCUT2D eigenvalue weighted by atomic mass is 10.2. The summed E-state index contributed by atoms with van der Waals surface area (Å²) in [5, 5.41) is 1.67. The van der Waals surface area contributed by atoms with E-state index in [1.54, 1.807) is 18.3 Å². The van der Waals surface area contributed by atoms with Gasteiger partial charge in [0, 0.05) is 16.1 Å². The molecule has 0 bridgehead atoms. The molecule has 0 amide bonds. The number of benzene rings is 2. The van der Waals surface area contributed by atoms with Crippen LogP contribution in [0.15, 0.2) is 57.9 Å². The highest BCUT2D eigenvalue weighted by Crippen LogP contribution is 2.16. The molecular formula is C15H13BrFN3O. The Bertz CT molecular complexity index is 812. The molecule has 3 aromatic rings. The average Bonchev–Trinajstić information content (AvgIpc) is 2.45. The molecule has 0 saturated heterocycles. The molecule has 0 fully saturated rings. The standard InChI is InChI=1S/C9H6BrNO.C6H7FN2/c10-7-1-2-8-6(5-7)3-4-11-9(8)12;7-4-2-1-3-5(8)6(4)9/h1-5H,(H,11,12);1-3H,8-9H2. The summed E-state index contributed by atoms with van der Waals surface area (Å²) < 4.78 is 13.4. The fraction of sp³-hybridized carbons (Fsp3) is 0. The van der Waals surface area contributed by atoms with Crippen LogP contribution in [0, 0.1) is 5.82 Å². The maximum Gasteiger partial charge on any atom is 0.255 e. The molecule has 0 aliphatic carbocycles. The van der Waals surface area contributed by atoms with Crippen molar-refractivity contribution >= 4 is 38.1 Å². The highest BCUT2D eigenvalue weighted by atomic mass is 79.9. The predicted molar refractivity (Wildman–Crippen MR) is 87.5 cm³/mol. The van der Waals surface area contributed by atoms with Crippen molar-refractivity contribution in [2.24, 2.45) is 0 Å². The van der Waals surface area contributed by atoms with Crippen molar-refractivity contribution in [2.45, 2.75) is 0 Å². The van der Waals surface area contributed by atoms with Gasteiger partial charge >= 0.3 is 0 Å². The minimum atomic E-state index is -0.463. The SMILES string of the molecule is Nc1cccc(F)c1N.O=c1[nH]ccc2cc(Br)ccc12. The van der Waals surface area contributed by atoms with Crippen LogP contribution in [0.25, 0.3) is 10.8 Å². The number of halogens is 2. The van der Waals surface area contributed by atoms with Crippen molar-refractivity contribution in [3.8, 4) is 0 Å². The van der Waals surface area contributed by atoms with Crippen molar-refractivity contribution in [2.75, 3.05) is 11.5 Å². The second-order valence-electron chi connectivity index (χ2n) is 4.28. The molecule has 0 aliphatic rings. The molecule has 0 aliphatic heterocycles. The summed E-state index contributed by atoms with van der Waals surface area (Å²) in [6.07, 6.45) is 1.65. The van der Waals surface area contributed by atoms with Crippen LogP contribution in [0.1, 0.15) is 0 Å². The van der Waals surface area contributed by atoms with E-state index in [1.165, 1.54) is 12.1 Å². The molecule has 2 aromatic carbocycles. The zero-order chi connectivity index (χ0) is 15.4. The summed E-state index contributed by atoms with van der Waals surface area (Å²) in [7, 11) is 0. The van der Waals surface area contributed by atoms with Crippen molar-refractivity contribution in [3.05, 3.63) is 69.3 Å². The predicted octanol–water partition coefficient (Wildman–Crippen LogP) is 3.28. The monoisotopic (exact) mass is 349 g/mol. The number of anilines is 2. The molecule has 1 heterocycles. The van der Waals surface area contributed by atoms with Crippen molar-refractivity contribution < 1.29 is 4.39 Å². The van der Waals surface area contributed by atoms with Crippen molar-refractivity contribution in [3.63, 3.8) is 0 Å². The molecule has 0 spiro atoms. The molecule has 0 unspecified atom stereocenters. The van der Waals surface area contributed by atoms with Crippen LogP contribution in [0.4, 0.5) is 15.8 Å². The fourth-order valence-electron chi connectivity index (χ4n) is 1.72. The third kappa shape index (κ3) is 3.61. The van der Waals surface area contributed by atoms with Gasteiger partial charge in [0.2, 0.25) is 0 Å². The molecule has 5 N–H and O–H groups in total. The Morgan fingerprint density at radius 1 is 1.10 bits per heavy atom. The van der Waals surface area contributed by atoms with Gasteiger partial charge in [-0.05, 0) is 41.8 Å². The van der Waals surface area contributed by atoms with Gasteiger partial charge in [-0.25, -0.2) is 4.39 Å². The number of H-pyrrole nitrogens is 1. The number of pyridine rings is 1. The summed E-state index contributed by atoms with van der Waals surface area (Å²) in [4.78, 5) is 13.8. The van der Waals surface area contributed by atoms with Gasteiger partial charge in [0.1, 0.15) is 5.82 Å². The Morgan fingerprint density at radius 3 is 2.52 bits per heavy atom. The van der Waals surface area contributed by atoms with Crippen LogP contribution >= 0.6 is 15.9 Å². The number of hydrogen-bond acceptors (Lipinski definition) is 3. The molecule has 108 valence electrons. The minimum absolute atomic E-state index is 0.0255. The maximum absolute atomic E-state index is 12.4. The van der Waals surface area contributed by atoms with E-state index in [4.69, 9.17) is 11.5 Å². The van der Waals surface area contributed by atoms with E-state index < -0.39 is 5.82 Å². The number of para-hydroxylation sites is 1. The van der Waals surface area contributed by atoms with Crippen molar-refractivity contribution in [1.29, 1.82) is 0 Å². The smallest absolute Gasteiger partial charge is 0.255 e. The zero-order valence-corrected chi connectivity index (χ0v) is 12.5. The first-order chi connectivity index (χ1) is 9.99. The van der Waals surface area contributed by atoms with Gasteiger partial charge < -0.3 is 16.5 Å². The Balaban J connectivity index is 0.000000161. The number of aromatic nitrogens is 1. The fourth-order valence-corrected chi connectivity index (χ4v) is 2.10. The van der Waals surface area contributed by atoms with Gasteiger partial charge in [-0.3, -0.25) is 4.79 Å². The Labute approximate surface area is 128 Å². The normalized spacial score (nSPS) is 10.0. The lowest BCUT2D eigenvalue weighted by Crippen LogP contribution is -2.03. The molecule has 1 aromatic heterocycles. The lowest BCUT2D eigenvalue weighted by Gasteiger charge is -1.97. The number of hydrogen-bond donors (Lipinski definition) is 3. The van der Waals surface area contributed by atoms with E-state index >= 15 is 0 Å². The quantitative estimate of drug-likeness (QED) is 0.544. The van der Waals surface area contributed by atoms with Crippen LogP contribution in [0.5, 0.6) is 0 Å². The third-order valence-corrected chi connectivity index (χ3v) is 3.32. The number of nitrogen functional groups attached to an aromatic ring is 2. The van der Waals surface area contributed by atoms with Gasteiger partial charge in [-0.15, -0.1) is 0 Å². The van der Waals surface area contributed by atoms with Crippen LogP contribution in [0.3, 0.4) is 0 Å².